The van der Waals surface area contributed by atoms with Gasteiger partial charge in [0.05, 0.1) is 20.3 Å². The van der Waals surface area contributed by atoms with E-state index >= 15 is 0 Å². The molecule has 0 radical (unpaired) electrons. The molecule has 0 saturated carbocycles. The summed E-state index contributed by atoms with van der Waals surface area (Å²) >= 11 is 0. The minimum Gasteiger partial charge on any atom is -0.507 e. The van der Waals surface area contributed by atoms with Gasteiger partial charge in [-0.1, -0.05) is 30.3 Å². The largest absolute Gasteiger partial charge is 0.507 e. The zero-order valence-electron chi connectivity index (χ0n) is 13.7. The van der Waals surface area contributed by atoms with Gasteiger partial charge in [0.1, 0.15) is 18.0 Å². The Hall–Kier alpha value is -3.15. The summed E-state index contributed by atoms with van der Waals surface area (Å²) in [5.41, 5.74) is 1.30. The van der Waals surface area contributed by atoms with E-state index in [-0.39, 0.29) is 22.6 Å². The lowest BCUT2D eigenvalue weighted by atomic mass is 10.0. The number of benzene rings is 1. The predicted octanol–water partition coefficient (Wildman–Crippen LogP) is 2.19. The van der Waals surface area contributed by atoms with Crippen LogP contribution in [0.1, 0.15) is 12.5 Å². The van der Waals surface area contributed by atoms with Crippen LogP contribution in [0.2, 0.25) is 0 Å². The van der Waals surface area contributed by atoms with Crippen LogP contribution in [0, 0.1) is 0 Å². The molecule has 124 valence electrons. The standard InChI is InChI=1S/C18H17NO5/c1-11-15(17(21)23-3)16(18(22)24-4)13(19(11)2)10-14(20)12-8-6-5-7-9-12/h5-10H,2H2,1,3-4H3/p+1. The zero-order chi connectivity index (χ0) is 17.9. The van der Waals surface area contributed by atoms with Crippen molar-refractivity contribution < 1.29 is 28.7 Å². The van der Waals surface area contributed by atoms with E-state index in [9.17, 15) is 14.7 Å². The maximum Gasteiger partial charge on any atom is 0.345 e. The monoisotopic (exact) mass is 328 g/mol. The molecule has 6 nitrogen and oxygen atoms in total. The number of ether oxygens (including phenoxy) is 2. The van der Waals surface area contributed by atoms with E-state index in [0.29, 0.717) is 11.3 Å². The lowest BCUT2D eigenvalue weighted by Crippen LogP contribution is -2.14. The van der Waals surface area contributed by atoms with Crippen molar-refractivity contribution in [2.45, 2.75) is 6.92 Å². The fourth-order valence-electron chi connectivity index (χ4n) is 2.39. The Morgan fingerprint density at radius 1 is 1.08 bits per heavy atom. The molecular formula is C18H18NO5+. The van der Waals surface area contributed by atoms with Crippen molar-refractivity contribution in [1.29, 1.82) is 0 Å². The minimum absolute atomic E-state index is 0.000619. The maximum atomic E-state index is 12.2. The van der Waals surface area contributed by atoms with Crippen LogP contribution in [-0.2, 0) is 19.1 Å². The highest BCUT2D eigenvalue weighted by Gasteiger charge is 2.41. The molecule has 1 aliphatic heterocycles. The van der Waals surface area contributed by atoms with Crippen molar-refractivity contribution in [3.63, 3.8) is 0 Å². The number of esters is 2. The number of methoxy groups -OCH3 is 2. The van der Waals surface area contributed by atoms with Gasteiger partial charge in [-0.25, -0.2) is 9.59 Å². The van der Waals surface area contributed by atoms with Crippen molar-refractivity contribution in [3.05, 3.63) is 64.5 Å². The topological polar surface area (TPSA) is 75.8 Å². The van der Waals surface area contributed by atoms with Crippen LogP contribution in [0.15, 0.2) is 58.9 Å². The van der Waals surface area contributed by atoms with Gasteiger partial charge in [0, 0.05) is 12.5 Å². The molecule has 0 fully saturated rings. The predicted molar refractivity (Wildman–Crippen MR) is 88.2 cm³/mol. The second kappa shape index (κ2) is 6.95. The van der Waals surface area contributed by atoms with Gasteiger partial charge in [0.2, 0.25) is 5.70 Å². The van der Waals surface area contributed by atoms with E-state index in [0.717, 1.165) is 0 Å². The van der Waals surface area contributed by atoms with E-state index in [2.05, 4.69) is 6.72 Å². The van der Waals surface area contributed by atoms with E-state index in [1.165, 1.54) is 24.9 Å². The molecule has 1 aromatic rings. The van der Waals surface area contributed by atoms with Gasteiger partial charge >= 0.3 is 11.9 Å². The maximum absolute atomic E-state index is 12.2. The number of aliphatic hydroxyl groups is 1. The number of hydrogen-bond donors (Lipinski definition) is 1. The first-order valence-electron chi connectivity index (χ1n) is 7.11. The first-order valence-corrected chi connectivity index (χ1v) is 7.11. The molecule has 1 aliphatic rings. The summed E-state index contributed by atoms with van der Waals surface area (Å²) in [6, 6.07) is 8.80. The highest BCUT2D eigenvalue weighted by Crippen LogP contribution is 2.32. The molecule has 2 rings (SSSR count). The zero-order valence-corrected chi connectivity index (χ0v) is 13.7. The van der Waals surface area contributed by atoms with Crippen LogP contribution in [0.4, 0.5) is 0 Å². The summed E-state index contributed by atoms with van der Waals surface area (Å²) in [5, 5.41) is 10.3. The van der Waals surface area contributed by atoms with Crippen LogP contribution in [0.5, 0.6) is 0 Å². The van der Waals surface area contributed by atoms with Crippen molar-refractivity contribution in [2.75, 3.05) is 14.2 Å². The summed E-state index contributed by atoms with van der Waals surface area (Å²) < 4.78 is 10.9. The number of hydrogen-bond acceptors (Lipinski definition) is 5. The van der Waals surface area contributed by atoms with Gasteiger partial charge in [-0.2, -0.15) is 4.58 Å². The Bertz CT molecular complexity index is 800. The Morgan fingerprint density at radius 2 is 1.62 bits per heavy atom. The van der Waals surface area contributed by atoms with Crippen LogP contribution in [0.3, 0.4) is 0 Å². The van der Waals surface area contributed by atoms with Crippen molar-refractivity contribution >= 4 is 24.4 Å². The SMILES string of the molecule is C=[N+]1C(C)=C(C(=O)OC)C(C(=O)OC)=C1/C=C(\O)c1ccccc1. The highest BCUT2D eigenvalue weighted by molar-refractivity contribution is 6.08. The van der Waals surface area contributed by atoms with Crippen molar-refractivity contribution in [3.8, 4) is 0 Å². The normalized spacial score (nSPS) is 15.0. The Balaban J connectivity index is 2.62. The van der Waals surface area contributed by atoms with Crippen LogP contribution < -0.4 is 0 Å². The molecule has 0 amide bonds. The van der Waals surface area contributed by atoms with Gasteiger partial charge in [-0.05, 0) is 0 Å². The molecule has 0 bridgehead atoms. The van der Waals surface area contributed by atoms with Crippen LogP contribution in [0.25, 0.3) is 5.76 Å². The minimum atomic E-state index is -0.715. The van der Waals surface area contributed by atoms with Crippen LogP contribution >= 0.6 is 0 Å². The Morgan fingerprint density at radius 3 is 2.17 bits per heavy atom. The fourth-order valence-corrected chi connectivity index (χ4v) is 2.39. The second-order valence-corrected chi connectivity index (χ2v) is 5.03. The molecule has 1 heterocycles. The second-order valence-electron chi connectivity index (χ2n) is 5.03. The third kappa shape index (κ3) is 2.99. The number of carbonyl (C=O) groups is 2. The fraction of sp³-hybridized carbons (Fsp3) is 0.167. The smallest absolute Gasteiger partial charge is 0.345 e. The number of allylic oxidation sites excluding steroid dienone is 2. The summed E-state index contributed by atoms with van der Waals surface area (Å²) in [7, 11) is 2.43. The van der Waals surface area contributed by atoms with E-state index in [4.69, 9.17) is 9.47 Å². The van der Waals surface area contributed by atoms with E-state index in [1.54, 1.807) is 31.2 Å². The average Bonchev–Trinajstić information content (AvgIpc) is 2.86. The molecule has 0 unspecified atom stereocenters. The number of carbonyl (C=O) groups excluding carboxylic acids is 2. The lowest BCUT2D eigenvalue weighted by Gasteiger charge is -2.03. The quantitative estimate of drug-likeness (QED) is 0.521. The summed E-state index contributed by atoms with van der Waals surface area (Å²) in [6.07, 6.45) is 1.37. The Labute approximate surface area is 139 Å². The molecule has 6 heteroatoms. The van der Waals surface area contributed by atoms with Crippen LogP contribution in [-0.4, -0.2) is 42.6 Å². The number of rotatable bonds is 4. The molecular weight excluding hydrogens is 310 g/mol. The first kappa shape index (κ1) is 17.2. The number of aliphatic hydroxyl groups excluding tert-OH is 1. The van der Waals surface area contributed by atoms with E-state index in [1.807, 2.05) is 6.07 Å². The first-order chi connectivity index (χ1) is 11.4. The van der Waals surface area contributed by atoms with Gasteiger partial charge in [0.15, 0.2) is 11.3 Å². The third-order valence-corrected chi connectivity index (χ3v) is 3.69. The van der Waals surface area contributed by atoms with Gasteiger partial charge in [-0.3, -0.25) is 0 Å². The van der Waals surface area contributed by atoms with Gasteiger partial charge < -0.3 is 14.6 Å². The molecule has 24 heavy (non-hydrogen) atoms. The molecule has 0 spiro atoms. The summed E-state index contributed by atoms with van der Waals surface area (Å²) in [4.78, 5) is 24.2. The molecule has 1 N–H and O–H groups in total. The molecule has 0 atom stereocenters. The van der Waals surface area contributed by atoms with E-state index < -0.39 is 11.9 Å². The summed E-state index contributed by atoms with van der Waals surface area (Å²) in [5.74, 6) is -1.46. The Kier molecular flexibility index (Phi) is 4.99. The van der Waals surface area contributed by atoms with Crippen molar-refractivity contribution in [1.82, 2.24) is 0 Å². The molecule has 0 aromatic heterocycles. The molecule has 1 aromatic carbocycles. The summed E-state index contributed by atoms with van der Waals surface area (Å²) in [6.45, 7) is 5.45. The molecule has 0 aliphatic carbocycles. The average molecular weight is 328 g/mol. The number of nitrogens with zero attached hydrogens (tertiary/aromatic N) is 1. The van der Waals surface area contributed by atoms with Gasteiger partial charge in [0.25, 0.3) is 0 Å². The molecule has 0 saturated heterocycles. The van der Waals surface area contributed by atoms with Crippen molar-refractivity contribution in [2.24, 2.45) is 0 Å². The third-order valence-electron chi connectivity index (χ3n) is 3.69. The van der Waals surface area contributed by atoms with Gasteiger partial charge in [-0.15, -0.1) is 0 Å². The lowest BCUT2D eigenvalue weighted by molar-refractivity contribution is -0.402. The highest BCUT2D eigenvalue weighted by atomic mass is 16.5.